The minimum Gasteiger partial charge on any atom is -0.481 e. The summed E-state index contributed by atoms with van der Waals surface area (Å²) in [6, 6.07) is 7.84. The van der Waals surface area contributed by atoms with E-state index in [9.17, 15) is 4.79 Å². The molecule has 0 unspecified atom stereocenters. The number of benzene rings is 1. The van der Waals surface area contributed by atoms with Crippen LogP contribution in [0.5, 0.6) is 5.75 Å². The number of hydrogen-bond acceptors (Lipinski definition) is 4. The van der Waals surface area contributed by atoms with E-state index in [1.165, 1.54) is 0 Å². The van der Waals surface area contributed by atoms with Crippen LogP contribution in [0.2, 0.25) is 0 Å². The summed E-state index contributed by atoms with van der Waals surface area (Å²) in [4.78, 5) is 16.1. The number of carbonyl (C=O) groups is 1. The normalized spacial score (nSPS) is 15.0. The molecule has 0 aromatic heterocycles. The highest BCUT2D eigenvalue weighted by molar-refractivity contribution is 5.68. The third kappa shape index (κ3) is 5.10. The van der Waals surface area contributed by atoms with E-state index in [0.717, 1.165) is 24.5 Å². The quantitative estimate of drug-likeness (QED) is 0.804. The Labute approximate surface area is 138 Å². The first-order valence-corrected chi connectivity index (χ1v) is 7.78. The highest BCUT2D eigenvalue weighted by atomic mass is 16.6. The van der Waals surface area contributed by atoms with Gasteiger partial charge in [-0.15, -0.1) is 6.42 Å². The predicted molar refractivity (Wildman–Crippen MR) is 90.8 cm³/mol. The van der Waals surface area contributed by atoms with Crippen LogP contribution in [0.4, 0.5) is 10.5 Å². The minimum absolute atomic E-state index is 0.241. The molecule has 5 nitrogen and oxygen atoms in total. The van der Waals surface area contributed by atoms with Crippen molar-refractivity contribution in [1.82, 2.24) is 4.90 Å². The van der Waals surface area contributed by atoms with Gasteiger partial charge in [-0.05, 0) is 45.0 Å². The van der Waals surface area contributed by atoms with Gasteiger partial charge in [-0.25, -0.2) is 4.79 Å². The van der Waals surface area contributed by atoms with Crippen LogP contribution in [0.15, 0.2) is 24.3 Å². The standard InChI is InChI=1S/C18H24N2O3/c1-5-14-22-16-8-6-15(7-9-16)19-10-12-20(13-11-19)17(21)23-18(2,3)4/h1,6-9H,10-14H2,2-4H3. The van der Waals surface area contributed by atoms with Gasteiger partial charge >= 0.3 is 6.09 Å². The second-order valence-corrected chi connectivity index (χ2v) is 6.44. The highest BCUT2D eigenvalue weighted by Crippen LogP contribution is 2.21. The van der Waals surface area contributed by atoms with Crippen LogP contribution in [0.25, 0.3) is 0 Å². The SMILES string of the molecule is C#CCOc1ccc(N2CCN(C(=O)OC(C)(C)C)CC2)cc1. The van der Waals surface area contributed by atoms with Crippen LogP contribution in [0, 0.1) is 12.3 Å². The maximum absolute atomic E-state index is 12.1. The Bertz CT molecular complexity index is 561. The van der Waals surface area contributed by atoms with Gasteiger partial charge in [0.15, 0.2) is 0 Å². The number of nitrogens with zero attached hydrogens (tertiary/aromatic N) is 2. The molecule has 1 aromatic rings. The molecule has 1 saturated heterocycles. The summed E-state index contributed by atoms with van der Waals surface area (Å²) in [5.41, 5.74) is 0.657. The molecule has 1 aliphatic rings. The van der Waals surface area contributed by atoms with E-state index >= 15 is 0 Å². The summed E-state index contributed by atoms with van der Waals surface area (Å²) in [6.07, 6.45) is 4.93. The zero-order valence-corrected chi connectivity index (χ0v) is 14.0. The zero-order chi connectivity index (χ0) is 16.9. The van der Waals surface area contributed by atoms with Crippen LogP contribution in [0.3, 0.4) is 0 Å². The molecule has 1 aliphatic heterocycles. The summed E-state index contributed by atoms with van der Waals surface area (Å²) in [5.74, 6) is 3.21. The lowest BCUT2D eigenvalue weighted by molar-refractivity contribution is 0.0240. The number of piperazine rings is 1. The highest BCUT2D eigenvalue weighted by Gasteiger charge is 2.25. The Morgan fingerprint density at radius 2 is 1.78 bits per heavy atom. The Morgan fingerprint density at radius 3 is 2.30 bits per heavy atom. The van der Waals surface area contributed by atoms with Crippen molar-refractivity contribution in [3.63, 3.8) is 0 Å². The molecule has 1 aromatic carbocycles. The van der Waals surface area contributed by atoms with E-state index in [1.807, 2.05) is 45.0 Å². The van der Waals surface area contributed by atoms with Crippen molar-refractivity contribution in [3.05, 3.63) is 24.3 Å². The summed E-state index contributed by atoms with van der Waals surface area (Å²) in [6.45, 7) is 8.79. The number of ether oxygens (including phenoxy) is 2. The van der Waals surface area contributed by atoms with E-state index < -0.39 is 5.60 Å². The number of amides is 1. The Hall–Kier alpha value is -2.35. The molecule has 1 amide bonds. The lowest BCUT2D eigenvalue weighted by Gasteiger charge is -2.36. The lowest BCUT2D eigenvalue weighted by Crippen LogP contribution is -2.50. The van der Waals surface area contributed by atoms with E-state index in [2.05, 4.69) is 10.8 Å². The molecule has 2 rings (SSSR count). The zero-order valence-electron chi connectivity index (χ0n) is 14.0. The average Bonchev–Trinajstić information content (AvgIpc) is 2.52. The van der Waals surface area contributed by atoms with Gasteiger partial charge in [0.2, 0.25) is 0 Å². The first-order chi connectivity index (χ1) is 10.9. The smallest absolute Gasteiger partial charge is 0.410 e. The van der Waals surface area contributed by atoms with Gasteiger partial charge in [0.05, 0.1) is 0 Å². The van der Waals surface area contributed by atoms with Gasteiger partial charge in [-0.3, -0.25) is 0 Å². The minimum atomic E-state index is -0.456. The fourth-order valence-electron chi connectivity index (χ4n) is 2.35. The maximum Gasteiger partial charge on any atom is 0.410 e. The van der Waals surface area contributed by atoms with Crippen LogP contribution in [-0.4, -0.2) is 49.4 Å². The van der Waals surface area contributed by atoms with Crippen molar-refractivity contribution in [2.75, 3.05) is 37.7 Å². The fraction of sp³-hybridized carbons (Fsp3) is 0.500. The summed E-state index contributed by atoms with van der Waals surface area (Å²) in [7, 11) is 0. The van der Waals surface area contributed by atoms with Gasteiger partial charge in [-0.1, -0.05) is 5.92 Å². The monoisotopic (exact) mass is 316 g/mol. The number of terminal acetylenes is 1. The second kappa shape index (κ2) is 7.28. The van der Waals surface area contributed by atoms with Crippen LogP contribution < -0.4 is 9.64 Å². The molecular weight excluding hydrogens is 292 g/mol. The first kappa shape index (κ1) is 17.0. The van der Waals surface area contributed by atoms with Crippen molar-refractivity contribution >= 4 is 11.8 Å². The summed E-state index contributed by atoms with van der Waals surface area (Å²) in [5, 5.41) is 0. The number of anilines is 1. The summed E-state index contributed by atoms with van der Waals surface area (Å²) < 4.78 is 10.8. The van der Waals surface area contributed by atoms with Crippen LogP contribution in [0.1, 0.15) is 20.8 Å². The molecule has 23 heavy (non-hydrogen) atoms. The number of rotatable bonds is 3. The second-order valence-electron chi connectivity index (χ2n) is 6.44. The molecule has 0 saturated carbocycles. The van der Waals surface area contributed by atoms with Crippen molar-refractivity contribution in [3.8, 4) is 18.1 Å². The summed E-state index contributed by atoms with van der Waals surface area (Å²) >= 11 is 0. The third-order valence-corrected chi connectivity index (χ3v) is 3.46. The fourth-order valence-corrected chi connectivity index (χ4v) is 2.35. The molecule has 0 bridgehead atoms. The first-order valence-electron chi connectivity index (χ1n) is 7.78. The van der Waals surface area contributed by atoms with Crippen LogP contribution >= 0.6 is 0 Å². The molecule has 124 valence electrons. The Kier molecular flexibility index (Phi) is 5.38. The number of carbonyl (C=O) groups excluding carboxylic acids is 1. The molecule has 0 aliphatic carbocycles. The Morgan fingerprint density at radius 1 is 1.17 bits per heavy atom. The van der Waals surface area contributed by atoms with E-state index in [0.29, 0.717) is 13.1 Å². The lowest BCUT2D eigenvalue weighted by atomic mass is 10.2. The molecule has 1 heterocycles. The van der Waals surface area contributed by atoms with Gasteiger partial charge in [0.25, 0.3) is 0 Å². The van der Waals surface area contributed by atoms with Crippen molar-refractivity contribution in [2.24, 2.45) is 0 Å². The van der Waals surface area contributed by atoms with Crippen molar-refractivity contribution in [1.29, 1.82) is 0 Å². The molecule has 1 fully saturated rings. The van der Waals surface area contributed by atoms with Crippen molar-refractivity contribution in [2.45, 2.75) is 26.4 Å². The largest absolute Gasteiger partial charge is 0.481 e. The van der Waals surface area contributed by atoms with Crippen LogP contribution in [-0.2, 0) is 4.74 Å². The van der Waals surface area contributed by atoms with Gasteiger partial charge < -0.3 is 19.3 Å². The van der Waals surface area contributed by atoms with E-state index in [4.69, 9.17) is 15.9 Å². The Balaban J connectivity index is 1.87. The number of hydrogen-bond donors (Lipinski definition) is 0. The maximum atomic E-state index is 12.1. The third-order valence-electron chi connectivity index (χ3n) is 3.46. The van der Waals surface area contributed by atoms with E-state index in [1.54, 1.807) is 4.90 Å². The topological polar surface area (TPSA) is 42.0 Å². The molecule has 0 spiro atoms. The molecule has 0 radical (unpaired) electrons. The van der Waals surface area contributed by atoms with E-state index in [-0.39, 0.29) is 12.7 Å². The predicted octanol–water partition coefficient (Wildman–Crippen LogP) is 2.76. The average molecular weight is 316 g/mol. The van der Waals surface area contributed by atoms with Crippen molar-refractivity contribution < 1.29 is 14.3 Å². The molecule has 0 atom stereocenters. The van der Waals surface area contributed by atoms with Gasteiger partial charge in [0.1, 0.15) is 18.0 Å². The van der Waals surface area contributed by atoms with Gasteiger partial charge in [-0.2, -0.15) is 0 Å². The molecule has 5 heteroatoms. The van der Waals surface area contributed by atoms with Gasteiger partial charge in [0, 0.05) is 31.9 Å². The molecule has 0 N–H and O–H groups in total. The molecular formula is C18H24N2O3.